The molecule has 4 rings (SSSR count). The largest absolute Gasteiger partial charge is 0.490 e. The Balaban J connectivity index is 1.72. The Kier molecular flexibility index (Phi) is 7.59. The van der Waals surface area contributed by atoms with Gasteiger partial charge in [-0.2, -0.15) is 0 Å². The average Bonchev–Trinajstić information content (AvgIpc) is 2.89. The molecule has 2 N–H and O–H groups in total. The maximum atomic E-state index is 12.9. The Morgan fingerprint density at radius 1 is 0.944 bits per heavy atom. The zero-order chi connectivity index (χ0) is 25.7. The summed E-state index contributed by atoms with van der Waals surface area (Å²) in [6.45, 7) is 6.81. The van der Waals surface area contributed by atoms with Gasteiger partial charge in [-0.1, -0.05) is 60.2 Å². The monoisotopic (exact) mass is 486 g/mol. The van der Waals surface area contributed by atoms with Crippen LogP contribution in [0.25, 0.3) is 5.70 Å². The molecule has 0 aromatic heterocycles. The van der Waals surface area contributed by atoms with Crippen LogP contribution >= 0.6 is 0 Å². The molecule has 1 atom stereocenters. The molecule has 0 radical (unpaired) electrons. The summed E-state index contributed by atoms with van der Waals surface area (Å²) >= 11 is 0. The van der Waals surface area contributed by atoms with Crippen LogP contribution in [0.15, 0.2) is 72.3 Å². The number of hydrogen-bond acceptors (Lipinski definition) is 5. The van der Waals surface area contributed by atoms with E-state index >= 15 is 0 Å². The third-order valence-electron chi connectivity index (χ3n) is 6.03. The zero-order valence-electron chi connectivity index (χ0n) is 20.9. The number of urea groups is 1. The van der Waals surface area contributed by atoms with Crippen LogP contribution in [0.5, 0.6) is 11.5 Å². The molecular formula is C29H30N2O5. The quantitative estimate of drug-likeness (QED) is 0.427. The Labute approximate surface area is 211 Å². The van der Waals surface area contributed by atoms with Crippen LogP contribution in [0.2, 0.25) is 0 Å². The minimum atomic E-state index is -0.742. The lowest BCUT2D eigenvalue weighted by Crippen LogP contribution is -2.45. The van der Waals surface area contributed by atoms with Gasteiger partial charge in [0, 0.05) is 0 Å². The van der Waals surface area contributed by atoms with Crippen LogP contribution in [-0.4, -0.2) is 25.7 Å². The van der Waals surface area contributed by atoms with Gasteiger partial charge in [-0.05, 0) is 55.2 Å². The minimum Gasteiger partial charge on any atom is -0.490 e. The van der Waals surface area contributed by atoms with Crippen molar-refractivity contribution < 1.29 is 23.8 Å². The van der Waals surface area contributed by atoms with E-state index in [4.69, 9.17) is 14.2 Å². The number of rotatable bonds is 8. The number of hydrogen-bond donors (Lipinski definition) is 2. The Morgan fingerprint density at radius 3 is 2.44 bits per heavy atom. The van der Waals surface area contributed by atoms with Crippen LogP contribution in [0, 0.1) is 13.8 Å². The van der Waals surface area contributed by atoms with Gasteiger partial charge in [0.15, 0.2) is 11.5 Å². The van der Waals surface area contributed by atoms with E-state index in [9.17, 15) is 9.59 Å². The molecule has 7 nitrogen and oxygen atoms in total. The van der Waals surface area contributed by atoms with Gasteiger partial charge in [-0.15, -0.1) is 0 Å². The lowest BCUT2D eigenvalue weighted by Gasteiger charge is -2.29. The topological polar surface area (TPSA) is 85.9 Å². The van der Waals surface area contributed by atoms with Crippen molar-refractivity contribution in [2.24, 2.45) is 0 Å². The number of amides is 2. The summed E-state index contributed by atoms with van der Waals surface area (Å²) in [6, 6.07) is 19.7. The van der Waals surface area contributed by atoms with Crippen molar-refractivity contribution in [2.45, 2.75) is 33.4 Å². The maximum Gasteiger partial charge on any atom is 0.338 e. The van der Waals surface area contributed by atoms with Crippen LogP contribution in [0.3, 0.4) is 0 Å². The first-order valence-corrected chi connectivity index (χ1v) is 11.8. The van der Waals surface area contributed by atoms with Gasteiger partial charge < -0.3 is 24.8 Å². The summed E-state index contributed by atoms with van der Waals surface area (Å²) in [4.78, 5) is 25.5. The van der Waals surface area contributed by atoms with E-state index in [2.05, 4.69) is 35.8 Å². The molecule has 1 aliphatic heterocycles. The van der Waals surface area contributed by atoms with Gasteiger partial charge in [-0.3, -0.25) is 0 Å². The molecule has 3 aromatic carbocycles. The highest BCUT2D eigenvalue weighted by Gasteiger charge is 2.34. The highest BCUT2D eigenvalue weighted by molar-refractivity contribution is 6.04. The van der Waals surface area contributed by atoms with Crippen molar-refractivity contribution in [3.63, 3.8) is 0 Å². The molecule has 1 unspecified atom stereocenters. The SMILES string of the molecule is CCOc1cc(C2NC(=O)NC(c3ccccc3)=C2C(=O)OC)ccc1OCc1cc(C)ccc1C. The van der Waals surface area contributed by atoms with Gasteiger partial charge in [0.05, 0.1) is 31.0 Å². The normalized spacial score (nSPS) is 15.1. The van der Waals surface area contributed by atoms with Crippen molar-refractivity contribution in [2.75, 3.05) is 13.7 Å². The Bertz CT molecular complexity index is 1300. The molecule has 0 spiro atoms. The van der Waals surface area contributed by atoms with Gasteiger partial charge in [-0.25, -0.2) is 9.59 Å². The van der Waals surface area contributed by atoms with Gasteiger partial charge in [0.2, 0.25) is 0 Å². The van der Waals surface area contributed by atoms with Gasteiger partial charge in [0.1, 0.15) is 6.61 Å². The number of nitrogens with one attached hydrogen (secondary N) is 2. The van der Waals surface area contributed by atoms with Crippen molar-refractivity contribution in [1.82, 2.24) is 10.6 Å². The number of aryl methyl sites for hydroxylation is 2. The van der Waals surface area contributed by atoms with Crippen molar-refractivity contribution in [3.8, 4) is 11.5 Å². The predicted octanol–water partition coefficient (Wildman–Crippen LogP) is 5.22. The molecule has 0 bridgehead atoms. The van der Waals surface area contributed by atoms with Gasteiger partial charge >= 0.3 is 12.0 Å². The Morgan fingerprint density at radius 2 is 1.72 bits per heavy atom. The molecule has 7 heteroatoms. The fourth-order valence-electron chi connectivity index (χ4n) is 4.18. The first-order chi connectivity index (χ1) is 17.4. The van der Waals surface area contributed by atoms with E-state index in [0.717, 1.165) is 16.7 Å². The predicted molar refractivity (Wildman–Crippen MR) is 138 cm³/mol. The van der Waals surface area contributed by atoms with E-state index < -0.39 is 18.0 Å². The third-order valence-corrected chi connectivity index (χ3v) is 6.03. The molecule has 0 saturated carbocycles. The first kappa shape index (κ1) is 24.9. The average molecular weight is 487 g/mol. The summed E-state index contributed by atoms with van der Waals surface area (Å²) < 4.78 is 17.1. The summed E-state index contributed by atoms with van der Waals surface area (Å²) in [7, 11) is 1.32. The second-order valence-electron chi connectivity index (χ2n) is 8.54. The number of methoxy groups -OCH3 is 1. The lowest BCUT2D eigenvalue weighted by atomic mass is 9.92. The molecule has 2 amide bonds. The number of esters is 1. The summed E-state index contributed by atoms with van der Waals surface area (Å²) in [5.74, 6) is 0.562. The number of carbonyl (C=O) groups excluding carboxylic acids is 2. The van der Waals surface area contributed by atoms with Gasteiger partial charge in [0.25, 0.3) is 0 Å². The van der Waals surface area contributed by atoms with Crippen LogP contribution in [-0.2, 0) is 16.1 Å². The van der Waals surface area contributed by atoms with Crippen molar-refractivity contribution in [3.05, 3.63) is 100 Å². The molecular weight excluding hydrogens is 456 g/mol. The number of benzene rings is 3. The van der Waals surface area contributed by atoms with Crippen LogP contribution < -0.4 is 20.1 Å². The second kappa shape index (κ2) is 11.0. The minimum absolute atomic E-state index is 0.301. The molecule has 1 heterocycles. The van der Waals surface area contributed by atoms with E-state index in [1.807, 2.05) is 50.2 Å². The van der Waals surface area contributed by atoms with E-state index in [-0.39, 0.29) is 0 Å². The standard InChI is InChI=1S/C29H30N2O5/c1-5-35-24-16-21(13-14-23(24)36-17-22-15-18(2)11-12-19(22)3)27-25(28(32)34-4)26(30-29(33)31-27)20-9-7-6-8-10-20/h6-16,27H,5,17H2,1-4H3,(H2,30,31,33). The molecule has 36 heavy (non-hydrogen) atoms. The van der Waals surface area contributed by atoms with Crippen LogP contribution in [0.4, 0.5) is 4.79 Å². The van der Waals surface area contributed by atoms with E-state index in [0.29, 0.717) is 47.1 Å². The van der Waals surface area contributed by atoms with Crippen LogP contribution in [0.1, 0.15) is 40.8 Å². The lowest BCUT2D eigenvalue weighted by molar-refractivity contribution is -0.136. The zero-order valence-corrected chi connectivity index (χ0v) is 20.9. The van der Waals surface area contributed by atoms with Crippen molar-refractivity contribution in [1.29, 1.82) is 0 Å². The molecule has 1 aliphatic rings. The molecule has 3 aromatic rings. The summed E-state index contributed by atoms with van der Waals surface area (Å²) in [6.07, 6.45) is 0. The fraction of sp³-hybridized carbons (Fsp3) is 0.241. The molecule has 0 saturated heterocycles. The molecule has 186 valence electrons. The Hall–Kier alpha value is -4.26. The summed E-state index contributed by atoms with van der Waals surface area (Å²) in [5.41, 5.74) is 5.48. The highest BCUT2D eigenvalue weighted by atomic mass is 16.5. The fourth-order valence-corrected chi connectivity index (χ4v) is 4.18. The highest BCUT2D eigenvalue weighted by Crippen LogP contribution is 2.37. The number of carbonyl (C=O) groups is 2. The van der Waals surface area contributed by atoms with E-state index in [1.54, 1.807) is 12.1 Å². The first-order valence-electron chi connectivity index (χ1n) is 11.8. The summed E-state index contributed by atoms with van der Waals surface area (Å²) in [5, 5.41) is 5.62. The smallest absolute Gasteiger partial charge is 0.338 e. The molecule has 0 fully saturated rings. The third kappa shape index (κ3) is 5.35. The second-order valence-corrected chi connectivity index (χ2v) is 8.54. The maximum absolute atomic E-state index is 12.9. The van der Waals surface area contributed by atoms with Crippen molar-refractivity contribution >= 4 is 17.7 Å². The van der Waals surface area contributed by atoms with E-state index in [1.165, 1.54) is 7.11 Å². The molecule has 0 aliphatic carbocycles. The number of ether oxygens (including phenoxy) is 3.